The van der Waals surface area contributed by atoms with E-state index in [0.29, 0.717) is 35.9 Å². The van der Waals surface area contributed by atoms with Gasteiger partial charge in [0.25, 0.3) is 0 Å². The Labute approximate surface area is 216 Å². The lowest BCUT2D eigenvalue weighted by Crippen LogP contribution is -2.42. The van der Waals surface area contributed by atoms with Crippen LogP contribution >= 0.6 is 22.9 Å². The molecule has 1 aliphatic heterocycles. The zero-order chi connectivity index (χ0) is 25.8. The fourth-order valence-corrected chi connectivity index (χ4v) is 5.53. The van der Waals surface area contributed by atoms with Crippen molar-refractivity contribution in [2.45, 2.75) is 43.9 Å². The number of rotatable bonds is 9. The normalized spacial score (nSPS) is 23.2. The van der Waals surface area contributed by atoms with Gasteiger partial charge in [0.15, 0.2) is 22.5 Å². The molecule has 12 heteroatoms. The molecule has 0 amide bonds. The van der Waals surface area contributed by atoms with Crippen LogP contribution in [0.3, 0.4) is 0 Å². The molecule has 194 valence electrons. The van der Waals surface area contributed by atoms with Crippen molar-refractivity contribution in [2.75, 3.05) is 20.3 Å². The molecule has 2 aliphatic rings. The Balaban J connectivity index is 1.64. The predicted octanol–water partition coefficient (Wildman–Crippen LogP) is 3.66. The monoisotopic (exact) mass is 540 g/mol. The Bertz CT molecular complexity index is 1150. The number of carboxylic acid groups (broad SMARTS) is 1. The lowest BCUT2D eigenvalue weighted by atomic mass is 9.80. The van der Waals surface area contributed by atoms with Crippen LogP contribution in [-0.4, -0.2) is 59.4 Å². The number of ether oxygens (including phenoxy) is 1. The Morgan fingerprint density at radius 1 is 1.33 bits per heavy atom. The van der Waals surface area contributed by atoms with Crippen LogP contribution in [0.15, 0.2) is 40.0 Å². The molecule has 0 radical (unpaired) electrons. The lowest BCUT2D eigenvalue weighted by molar-refractivity contribution is -0.133. The van der Waals surface area contributed by atoms with Crippen molar-refractivity contribution in [3.63, 3.8) is 0 Å². The molecule has 1 aromatic carbocycles. The van der Waals surface area contributed by atoms with Crippen molar-refractivity contribution < 1.29 is 28.5 Å². The first-order valence-corrected chi connectivity index (χ1v) is 12.8. The van der Waals surface area contributed by atoms with Gasteiger partial charge in [0.1, 0.15) is 6.04 Å². The molecule has 2 atom stereocenters. The van der Waals surface area contributed by atoms with E-state index in [2.05, 4.69) is 20.6 Å². The van der Waals surface area contributed by atoms with Crippen LogP contribution in [0.5, 0.6) is 0 Å². The van der Waals surface area contributed by atoms with Gasteiger partial charge in [-0.05, 0) is 37.7 Å². The molecule has 2 heterocycles. The fraction of sp³-hybridized carbons (Fsp3) is 0.458. The van der Waals surface area contributed by atoms with Crippen LogP contribution < -0.4 is 10.6 Å². The molecule has 0 bridgehead atoms. The fourth-order valence-electron chi connectivity index (χ4n) is 4.69. The summed E-state index contributed by atoms with van der Waals surface area (Å²) in [7, 11) is 1.53. The SMILES string of the molecule is COC[C@H](O)CNC1CCC(C2=C(C(=O)O)C(c3ccc(F)c(F)c3Cl)N=C(c3nccs3)N2)CC1. The number of halogens is 3. The molecule has 1 saturated carbocycles. The minimum atomic E-state index is -1.24. The van der Waals surface area contributed by atoms with Gasteiger partial charge in [-0.2, -0.15) is 0 Å². The summed E-state index contributed by atoms with van der Waals surface area (Å²) in [6.07, 6.45) is 3.90. The van der Waals surface area contributed by atoms with Gasteiger partial charge in [-0.25, -0.2) is 18.6 Å². The van der Waals surface area contributed by atoms with Gasteiger partial charge >= 0.3 is 5.97 Å². The van der Waals surface area contributed by atoms with Gasteiger partial charge in [-0.15, -0.1) is 11.3 Å². The summed E-state index contributed by atoms with van der Waals surface area (Å²) in [5.74, 6) is -3.35. The standard InChI is InChI=1S/C24H27ClF2N4O4S/c1-35-11-14(32)10-29-13-4-2-12(3-5-13)20-17(24(33)34)21(15-6-7-16(26)19(27)18(15)25)31-22(30-20)23-28-8-9-36-23/h6-9,12-14,21,29,32H,2-5,10-11H2,1H3,(H,30,31)(H,33,34)/t12?,13?,14-,21?/m1/s1. The third-order valence-electron chi connectivity index (χ3n) is 6.44. The summed E-state index contributed by atoms with van der Waals surface area (Å²) in [5, 5.41) is 28.5. The molecule has 4 rings (SSSR count). The van der Waals surface area contributed by atoms with E-state index >= 15 is 0 Å². The van der Waals surface area contributed by atoms with Crippen molar-refractivity contribution in [1.82, 2.24) is 15.6 Å². The average molecular weight is 541 g/mol. The average Bonchev–Trinajstić information content (AvgIpc) is 3.41. The van der Waals surface area contributed by atoms with Gasteiger partial charge in [-0.1, -0.05) is 17.7 Å². The summed E-state index contributed by atoms with van der Waals surface area (Å²) in [6, 6.07) is 1.23. The zero-order valence-electron chi connectivity index (χ0n) is 19.5. The summed E-state index contributed by atoms with van der Waals surface area (Å²) in [4.78, 5) is 21.3. The van der Waals surface area contributed by atoms with Crippen LogP contribution in [0.25, 0.3) is 0 Å². The van der Waals surface area contributed by atoms with Crippen LogP contribution in [-0.2, 0) is 9.53 Å². The largest absolute Gasteiger partial charge is 0.478 e. The highest BCUT2D eigenvalue weighted by Crippen LogP contribution is 2.41. The number of carbonyl (C=O) groups is 1. The van der Waals surface area contributed by atoms with Crippen LogP contribution in [0.1, 0.15) is 42.3 Å². The number of benzene rings is 1. The second-order valence-electron chi connectivity index (χ2n) is 8.81. The molecule has 1 unspecified atom stereocenters. The maximum absolute atomic E-state index is 14.3. The molecule has 4 N–H and O–H groups in total. The molecule has 2 aromatic rings. The lowest BCUT2D eigenvalue weighted by Gasteiger charge is -2.35. The van der Waals surface area contributed by atoms with Gasteiger partial charge < -0.3 is 25.6 Å². The Kier molecular flexibility index (Phi) is 8.68. The quantitative estimate of drug-likeness (QED) is 0.359. The van der Waals surface area contributed by atoms with E-state index in [1.807, 2.05) is 0 Å². The minimum absolute atomic E-state index is 0.0462. The molecular formula is C24H27ClF2N4O4S. The van der Waals surface area contributed by atoms with E-state index in [1.54, 1.807) is 11.6 Å². The number of nitrogens with zero attached hydrogens (tertiary/aromatic N) is 2. The maximum Gasteiger partial charge on any atom is 0.335 e. The highest BCUT2D eigenvalue weighted by Gasteiger charge is 2.37. The molecule has 1 aromatic heterocycles. The van der Waals surface area contributed by atoms with Gasteiger partial charge in [0.05, 0.1) is 23.3 Å². The number of aliphatic imine (C=N–C) groups is 1. The summed E-state index contributed by atoms with van der Waals surface area (Å²) >= 11 is 7.46. The van der Waals surface area contributed by atoms with Crippen LogP contribution in [0.4, 0.5) is 8.78 Å². The number of carboxylic acids is 1. The molecule has 36 heavy (non-hydrogen) atoms. The van der Waals surface area contributed by atoms with E-state index in [0.717, 1.165) is 18.9 Å². The van der Waals surface area contributed by atoms with Crippen LogP contribution in [0.2, 0.25) is 5.02 Å². The predicted molar refractivity (Wildman–Crippen MR) is 132 cm³/mol. The second-order valence-corrected chi connectivity index (χ2v) is 10.1. The summed E-state index contributed by atoms with van der Waals surface area (Å²) in [6.45, 7) is 0.649. The Morgan fingerprint density at radius 2 is 2.08 bits per heavy atom. The number of aliphatic hydroxyl groups is 1. The van der Waals surface area contributed by atoms with E-state index in [4.69, 9.17) is 16.3 Å². The first kappa shape index (κ1) is 26.6. The Morgan fingerprint density at radius 3 is 2.72 bits per heavy atom. The van der Waals surface area contributed by atoms with Gasteiger partial charge in [0, 0.05) is 42.5 Å². The highest BCUT2D eigenvalue weighted by molar-refractivity contribution is 7.11. The molecule has 0 spiro atoms. The van der Waals surface area contributed by atoms with Crippen molar-refractivity contribution in [1.29, 1.82) is 0 Å². The first-order chi connectivity index (χ1) is 17.3. The van der Waals surface area contributed by atoms with Crippen molar-refractivity contribution >= 4 is 34.7 Å². The van der Waals surface area contributed by atoms with E-state index < -0.39 is 34.8 Å². The molecule has 8 nitrogen and oxygen atoms in total. The number of hydrogen-bond donors (Lipinski definition) is 4. The van der Waals surface area contributed by atoms with Crippen molar-refractivity contribution in [2.24, 2.45) is 10.9 Å². The number of allylic oxidation sites excluding steroid dienone is 1. The van der Waals surface area contributed by atoms with Crippen molar-refractivity contribution in [3.05, 3.63) is 62.2 Å². The van der Waals surface area contributed by atoms with Gasteiger partial charge in [-0.3, -0.25) is 4.99 Å². The van der Waals surface area contributed by atoms with Gasteiger partial charge in [0.2, 0.25) is 0 Å². The highest BCUT2D eigenvalue weighted by atomic mass is 35.5. The molecule has 1 fully saturated rings. The zero-order valence-corrected chi connectivity index (χ0v) is 21.1. The number of methoxy groups -OCH3 is 1. The topological polar surface area (TPSA) is 116 Å². The van der Waals surface area contributed by atoms with E-state index in [1.165, 1.54) is 24.5 Å². The maximum atomic E-state index is 14.3. The number of aromatic nitrogens is 1. The number of aliphatic carboxylic acids is 1. The Hall–Kier alpha value is -2.44. The van der Waals surface area contributed by atoms with E-state index in [9.17, 15) is 23.8 Å². The second kappa shape index (κ2) is 11.7. The third-order valence-corrected chi connectivity index (χ3v) is 7.60. The number of amidine groups is 1. The first-order valence-electron chi connectivity index (χ1n) is 11.6. The molecule has 1 aliphatic carbocycles. The molecule has 0 saturated heterocycles. The van der Waals surface area contributed by atoms with E-state index in [-0.39, 0.29) is 29.7 Å². The summed E-state index contributed by atoms with van der Waals surface area (Å²) in [5.41, 5.74) is 0.505. The van der Waals surface area contributed by atoms with Crippen molar-refractivity contribution in [3.8, 4) is 0 Å². The third kappa shape index (κ3) is 5.76. The number of hydrogen-bond acceptors (Lipinski definition) is 8. The number of aliphatic hydroxyl groups excluding tert-OH is 1. The van der Waals surface area contributed by atoms with Crippen LogP contribution in [0, 0.1) is 17.6 Å². The molecular weight excluding hydrogens is 514 g/mol. The summed E-state index contributed by atoms with van der Waals surface area (Å²) < 4.78 is 33.1. The smallest absolute Gasteiger partial charge is 0.335 e. The number of nitrogens with one attached hydrogen (secondary N) is 2. The minimum Gasteiger partial charge on any atom is -0.478 e. The number of thiazole rings is 1.